The number of amides is 1. The minimum Gasteiger partial charge on any atom is -0.497 e. The second-order valence-corrected chi connectivity index (χ2v) is 8.97. The number of benzene rings is 1. The first-order valence-corrected chi connectivity index (χ1v) is 12.7. The molecule has 1 aromatic carbocycles. The number of hydrogen-bond acceptors (Lipinski definition) is 7. The van der Waals surface area contributed by atoms with Gasteiger partial charge in [0.1, 0.15) is 29.4 Å². The number of aromatic nitrogens is 3. The predicted octanol–water partition coefficient (Wildman–Crippen LogP) is 4.03. The molecule has 1 amide bonds. The van der Waals surface area contributed by atoms with Crippen molar-refractivity contribution in [2.24, 2.45) is 0 Å². The molecule has 0 aliphatic carbocycles. The lowest BCUT2D eigenvalue weighted by Crippen LogP contribution is -2.55. The van der Waals surface area contributed by atoms with E-state index in [1.165, 1.54) is 0 Å². The molecule has 1 saturated heterocycles. The summed E-state index contributed by atoms with van der Waals surface area (Å²) in [6, 6.07) is 14.9. The Balaban J connectivity index is 1.39. The summed E-state index contributed by atoms with van der Waals surface area (Å²) in [6.45, 7) is 5.91. The van der Waals surface area contributed by atoms with Gasteiger partial charge >= 0.3 is 0 Å². The van der Waals surface area contributed by atoms with Gasteiger partial charge < -0.3 is 19.3 Å². The molecular weight excluding hydrogens is 492 g/mol. The third-order valence-electron chi connectivity index (χ3n) is 6.69. The molecule has 0 N–H and O–H groups in total. The molecule has 1 unspecified atom stereocenters. The standard InChI is InChI=1S/C30H28N6O3/c1-4-6-24-19-34(13-14-35(24)30(37)21-7-10-25(38-3)11-8-21)28-12-9-22(17-32-28)27-15-26(39-5-2)20-36-29(27)23(16-31)18-33-36/h7-12,15,17-18,20,24H,5,13-14,19H2,1-3H3. The first-order chi connectivity index (χ1) is 19.1. The second kappa shape index (κ2) is 11.2. The summed E-state index contributed by atoms with van der Waals surface area (Å²) in [5.74, 6) is 8.29. The van der Waals surface area contributed by atoms with Crippen LogP contribution in [-0.4, -0.2) is 64.8 Å². The molecule has 0 saturated carbocycles. The first-order valence-electron chi connectivity index (χ1n) is 12.7. The van der Waals surface area contributed by atoms with Gasteiger partial charge in [0.15, 0.2) is 0 Å². The van der Waals surface area contributed by atoms with E-state index in [1.807, 2.05) is 30.0 Å². The summed E-state index contributed by atoms with van der Waals surface area (Å²) in [5.41, 5.74) is 3.46. The number of fused-ring (bicyclic) bond motifs is 1. The Morgan fingerprint density at radius 2 is 1.95 bits per heavy atom. The van der Waals surface area contributed by atoms with E-state index in [0.717, 1.165) is 16.9 Å². The Hall–Kier alpha value is -5.02. The number of methoxy groups -OCH3 is 1. The van der Waals surface area contributed by atoms with Crippen molar-refractivity contribution in [3.05, 3.63) is 72.2 Å². The molecule has 9 heteroatoms. The van der Waals surface area contributed by atoms with Crippen molar-refractivity contribution >= 4 is 17.2 Å². The molecule has 9 nitrogen and oxygen atoms in total. The summed E-state index contributed by atoms with van der Waals surface area (Å²) in [5, 5.41) is 13.9. The van der Waals surface area contributed by atoms with E-state index in [1.54, 1.807) is 61.4 Å². The van der Waals surface area contributed by atoms with Crippen LogP contribution in [0.5, 0.6) is 11.5 Å². The van der Waals surface area contributed by atoms with E-state index < -0.39 is 0 Å². The number of ether oxygens (including phenoxy) is 2. The van der Waals surface area contributed by atoms with Gasteiger partial charge in [-0.3, -0.25) is 4.79 Å². The van der Waals surface area contributed by atoms with Gasteiger partial charge in [0.25, 0.3) is 5.91 Å². The van der Waals surface area contributed by atoms with E-state index in [0.29, 0.717) is 54.4 Å². The number of piperazine rings is 1. The summed E-state index contributed by atoms with van der Waals surface area (Å²) < 4.78 is 12.6. The topological polar surface area (TPSA) is 96.0 Å². The largest absolute Gasteiger partial charge is 0.497 e. The Kier molecular flexibility index (Phi) is 7.33. The molecule has 39 heavy (non-hydrogen) atoms. The van der Waals surface area contributed by atoms with Crippen LogP contribution in [0.4, 0.5) is 5.82 Å². The van der Waals surface area contributed by atoms with E-state index in [9.17, 15) is 10.1 Å². The fourth-order valence-corrected chi connectivity index (χ4v) is 4.80. The minimum absolute atomic E-state index is 0.0549. The van der Waals surface area contributed by atoms with E-state index in [4.69, 9.17) is 14.5 Å². The smallest absolute Gasteiger partial charge is 0.254 e. The number of carbonyl (C=O) groups excluding carboxylic acids is 1. The van der Waals surface area contributed by atoms with Gasteiger partial charge in [-0.25, -0.2) is 9.50 Å². The number of pyridine rings is 2. The van der Waals surface area contributed by atoms with Crippen LogP contribution in [-0.2, 0) is 0 Å². The summed E-state index contributed by atoms with van der Waals surface area (Å²) in [4.78, 5) is 22.0. The Labute approximate surface area is 227 Å². The van der Waals surface area contributed by atoms with Crippen LogP contribution in [0.3, 0.4) is 0 Å². The number of nitrogens with zero attached hydrogens (tertiary/aromatic N) is 6. The van der Waals surface area contributed by atoms with Gasteiger partial charge in [-0.2, -0.15) is 10.4 Å². The normalized spacial score (nSPS) is 14.9. The van der Waals surface area contributed by atoms with Crippen LogP contribution < -0.4 is 14.4 Å². The molecule has 0 spiro atoms. The quantitative estimate of drug-likeness (QED) is 0.354. The van der Waals surface area contributed by atoms with Crippen molar-refractivity contribution in [2.45, 2.75) is 19.9 Å². The van der Waals surface area contributed by atoms with Gasteiger partial charge in [0.05, 0.1) is 43.7 Å². The fourth-order valence-electron chi connectivity index (χ4n) is 4.80. The van der Waals surface area contributed by atoms with Gasteiger partial charge in [-0.15, -0.1) is 5.92 Å². The maximum absolute atomic E-state index is 13.3. The summed E-state index contributed by atoms with van der Waals surface area (Å²) in [6.07, 6.45) is 5.12. The predicted molar refractivity (Wildman–Crippen MR) is 148 cm³/mol. The number of carbonyl (C=O) groups is 1. The first kappa shape index (κ1) is 25.6. The maximum atomic E-state index is 13.3. The van der Waals surface area contributed by atoms with Crippen molar-refractivity contribution in [1.29, 1.82) is 5.26 Å². The zero-order valence-electron chi connectivity index (χ0n) is 22.1. The average molecular weight is 521 g/mol. The Morgan fingerprint density at radius 3 is 2.62 bits per heavy atom. The highest BCUT2D eigenvalue weighted by molar-refractivity contribution is 5.95. The van der Waals surface area contributed by atoms with Crippen LogP contribution in [0.25, 0.3) is 16.6 Å². The second-order valence-electron chi connectivity index (χ2n) is 8.97. The van der Waals surface area contributed by atoms with Crippen LogP contribution in [0.1, 0.15) is 29.8 Å². The number of nitriles is 1. The van der Waals surface area contributed by atoms with Crippen LogP contribution in [0, 0.1) is 23.2 Å². The lowest BCUT2D eigenvalue weighted by molar-refractivity contribution is 0.0703. The summed E-state index contributed by atoms with van der Waals surface area (Å²) >= 11 is 0. The Morgan fingerprint density at radius 1 is 1.13 bits per heavy atom. The molecule has 1 fully saturated rings. The van der Waals surface area contributed by atoms with Crippen molar-refractivity contribution in [3.63, 3.8) is 0 Å². The van der Waals surface area contributed by atoms with Crippen LogP contribution in [0.15, 0.2) is 61.1 Å². The Bertz CT molecular complexity index is 1590. The van der Waals surface area contributed by atoms with Gasteiger partial charge in [0, 0.05) is 36.0 Å². The molecule has 1 aliphatic rings. The molecule has 1 atom stereocenters. The van der Waals surface area contributed by atoms with Gasteiger partial charge in [0.2, 0.25) is 0 Å². The van der Waals surface area contributed by atoms with E-state index in [2.05, 4.69) is 27.9 Å². The third-order valence-corrected chi connectivity index (χ3v) is 6.69. The molecule has 4 aromatic rings. The number of anilines is 1. The van der Waals surface area contributed by atoms with Gasteiger partial charge in [-0.1, -0.05) is 5.92 Å². The highest BCUT2D eigenvalue weighted by Crippen LogP contribution is 2.31. The van der Waals surface area contributed by atoms with Gasteiger partial charge in [-0.05, 0) is 56.3 Å². The maximum Gasteiger partial charge on any atom is 0.254 e. The molecule has 3 aromatic heterocycles. The monoisotopic (exact) mass is 520 g/mol. The zero-order valence-corrected chi connectivity index (χ0v) is 22.1. The highest BCUT2D eigenvalue weighted by atomic mass is 16.5. The van der Waals surface area contributed by atoms with Crippen LogP contribution in [0.2, 0.25) is 0 Å². The van der Waals surface area contributed by atoms with Crippen LogP contribution >= 0.6 is 0 Å². The fraction of sp³-hybridized carbons (Fsp3) is 0.267. The SMILES string of the molecule is CC#CC1CN(c2ccc(-c3cc(OCC)cn4ncc(C#N)c34)cn2)CCN1C(=O)c1ccc(OC)cc1. The van der Waals surface area contributed by atoms with Crippen molar-refractivity contribution in [2.75, 3.05) is 38.3 Å². The molecule has 5 rings (SSSR count). The van der Waals surface area contributed by atoms with Crippen molar-refractivity contribution in [1.82, 2.24) is 19.5 Å². The van der Waals surface area contributed by atoms with Crippen molar-refractivity contribution < 1.29 is 14.3 Å². The third kappa shape index (κ3) is 5.07. The molecular formula is C30H28N6O3. The molecule has 196 valence electrons. The molecule has 1 aliphatic heterocycles. The van der Waals surface area contributed by atoms with E-state index in [-0.39, 0.29) is 11.9 Å². The lowest BCUT2D eigenvalue weighted by atomic mass is 10.0. The number of hydrogen-bond donors (Lipinski definition) is 0. The highest BCUT2D eigenvalue weighted by Gasteiger charge is 2.30. The van der Waals surface area contributed by atoms with Crippen molar-refractivity contribution in [3.8, 4) is 40.5 Å². The molecule has 0 bridgehead atoms. The zero-order chi connectivity index (χ0) is 27.4. The van der Waals surface area contributed by atoms with E-state index >= 15 is 0 Å². The number of rotatable bonds is 6. The lowest BCUT2D eigenvalue weighted by Gasteiger charge is -2.39. The molecule has 0 radical (unpaired) electrons. The minimum atomic E-state index is -0.271. The molecule has 4 heterocycles. The summed E-state index contributed by atoms with van der Waals surface area (Å²) in [7, 11) is 1.60. The average Bonchev–Trinajstić information content (AvgIpc) is 3.40.